The summed E-state index contributed by atoms with van der Waals surface area (Å²) < 4.78 is 29.9. The normalized spacial score (nSPS) is 13.5. The minimum atomic E-state index is -3.88. The number of carbonyl (C=O) groups excluding carboxylic acids is 1. The second kappa shape index (κ2) is 11.2. The van der Waals surface area contributed by atoms with Crippen LogP contribution in [0.15, 0.2) is 83.8 Å². The number of hydrogen-bond acceptors (Lipinski definition) is 5. The molecule has 5 rings (SSSR count). The van der Waals surface area contributed by atoms with Crippen molar-refractivity contribution in [1.29, 1.82) is 0 Å². The van der Waals surface area contributed by atoms with E-state index in [1.807, 2.05) is 55.5 Å². The van der Waals surface area contributed by atoms with E-state index in [1.54, 1.807) is 30.3 Å². The number of fused-ring (bicyclic) bond motifs is 2. The van der Waals surface area contributed by atoms with E-state index < -0.39 is 10.0 Å². The lowest BCUT2D eigenvalue weighted by molar-refractivity contribution is 0.102. The average Bonchev–Trinajstić information content (AvgIpc) is 3.30. The van der Waals surface area contributed by atoms with Crippen LogP contribution in [-0.2, 0) is 23.1 Å². The van der Waals surface area contributed by atoms with Gasteiger partial charge in [-0.2, -0.15) is 0 Å². The second-order valence-corrected chi connectivity index (χ2v) is 12.0. The molecule has 1 aliphatic heterocycles. The molecule has 1 aliphatic rings. The van der Waals surface area contributed by atoms with Gasteiger partial charge in [-0.1, -0.05) is 48.5 Å². The molecule has 4 aromatic carbocycles. The Bertz CT molecular complexity index is 1630. The number of hydrogen-bond donors (Lipinski definition) is 2. The lowest BCUT2D eigenvalue weighted by Crippen LogP contribution is -2.22. The molecule has 0 atom stereocenters. The van der Waals surface area contributed by atoms with Gasteiger partial charge in [-0.25, -0.2) is 8.42 Å². The fraction of sp³-hybridized carbons (Fsp3) is 0.258. The van der Waals surface area contributed by atoms with E-state index in [4.69, 9.17) is 0 Å². The third-order valence-corrected chi connectivity index (χ3v) is 8.58. The van der Waals surface area contributed by atoms with Gasteiger partial charge in [-0.05, 0) is 81.0 Å². The zero-order valence-electron chi connectivity index (χ0n) is 22.6. The summed E-state index contributed by atoms with van der Waals surface area (Å²) in [6.45, 7) is 5.63. The van der Waals surface area contributed by atoms with E-state index >= 15 is 0 Å². The van der Waals surface area contributed by atoms with Crippen LogP contribution in [0.3, 0.4) is 0 Å². The molecule has 1 heterocycles. The van der Waals surface area contributed by atoms with Gasteiger partial charge in [-0.15, -0.1) is 0 Å². The Hall–Kier alpha value is -3.72. The summed E-state index contributed by atoms with van der Waals surface area (Å²) in [5.41, 5.74) is 4.94. The number of benzene rings is 4. The minimum absolute atomic E-state index is 0.165. The largest absolute Gasteiger partial charge is 0.321 e. The van der Waals surface area contributed by atoms with Gasteiger partial charge in [0.15, 0.2) is 0 Å². The monoisotopic (exact) mass is 542 g/mol. The molecule has 0 aliphatic carbocycles. The highest BCUT2D eigenvalue weighted by molar-refractivity contribution is 7.93. The van der Waals surface area contributed by atoms with Gasteiger partial charge in [-0.3, -0.25) is 14.4 Å². The Morgan fingerprint density at radius 1 is 0.897 bits per heavy atom. The minimum Gasteiger partial charge on any atom is -0.321 e. The van der Waals surface area contributed by atoms with Gasteiger partial charge in [0.25, 0.3) is 15.9 Å². The summed E-state index contributed by atoms with van der Waals surface area (Å²) in [5, 5.41) is 4.16. The van der Waals surface area contributed by atoms with Crippen molar-refractivity contribution >= 4 is 38.1 Å². The first-order chi connectivity index (χ1) is 18.7. The average molecular weight is 543 g/mol. The zero-order valence-corrected chi connectivity index (χ0v) is 23.4. The van der Waals surface area contributed by atoms with Crippen LogP contribution < -0.4 is 10.0 Å². The molecule has 0 saturated heterocycles. The molecule has 0 saturated carbocycles. The Morgan fingerprint density at radius 3 is 2.38 bits per heavy atom. The number of rotatable bonds is 9. The van der Waals surface area contributed by atoms with E-state index in [2.05, 4.69) is 33.9 Å². The van der Waals surface area contributed by atoms with Crippen molar-refractivity contribution in [2.45, 2.75) is 31.3 Å². The molecule has 0 aromatic heterocycles. The van der Waals surface area contributed by atoms with Gasteiger partial charge in [0, 0.05) is 47.3 Å². The molecule has 0 unspecified atom stereocenters. The van der Waals surface area contributed by atoms with Crippen LogP contribution in [0.1, 0.15) is 33.5 Å². The van der Waals surface area contributed by atoms with Crippen LogP contribution in [0, 0.1) is 6.92 Å². The maximum absolute atomic E-state index is 13.6. The Kier molecular flexibility index (Phi) is 7.70. The van der Waals surface area contributed by atoms with Crippen molar-refractivity contribution in [3.05, 3.63) is 101 Å². The fourth-order valence-corrected chi connectivity index (χ4v) is 6.40. The lowest BCUT2D eigenvalue weighted by atomic mass is 10.1. The highest BCUT2D eigenvalue weighted by Crippen LogP contribution is 2.32. The maximum Gasteiger partial charge on any atom is 0.262 e. The highest BCUT2D eigenvalue weighted by atomic mass is 32.2. The first-order valence-electron chi connectivity index (χ1n) is 13.1. The number of carbonyl (C=O) groups is 1. The number of nitrogens with one attached hydrogen (secondary N) is 2. The molecule has 0 bridgehead atoms. The molecular formula is C31H34N4O3S. The standard InChI is InChI=1S/C31H34N4O3S/c1-22-9-4-5-10-26(22)31(36)32-29-15-16-30(28-12-7-6-11-27(28)29)39(37,38)33-25-14-13-23-20-35(21-24(23)19-25)18-8-17-34(2)3/h4-7,9-16,19,33H,8,17-18,20-21H2,1-3H3,(H,32,36). The third-order valence-electron chi connectivity index (χ3n) is 7.14. The van der Waals surface area contributed by atoms with Crippen molar-refractivity contribution in [3.63, 3.8) is 0 Å². The van der Waals surface area contributed by atoms with Crippen molar-refractivity contribution in [2.24, 2.45) is 0 Å². The smallest absolute Gasteiger partial charge is 0.262 e. The molecule has 4 aromatic rings. The van der Waals surface area contributed by atoms with Gasteiger partial charge in [0.1, 0.15) is 0 Å². The number of aryl methyl sites for hydroxylation is 1. The quantitative estimate of drug-likeness (QED) is 0.293. The summed E-state index contributed by atoms with van der Waals surface area (Å²) in [4.78, 5) is 17.7. The van der Waals surface area contributed by atoms with Crippen LogP contribution in [0.5, 0.6) is 0 Å². The molecule has 2 N–H and O–H groups in total. The van der Waals surface area contributed by atoms with Gasteiger partial charge in [0.2, 0.25) is 0 Å². The summed E-state index contributed by atoms with van der Waals surface area (Å²) in [7, 11) is 0.277. The Morgan fingerprint density at radius 2 is 1.62 bits per heavy atom. The molecule has 202 valence electrons. The predicted octanol–water partition coefficient (Wildman–Crippen LogP) is 5.47. The van der Waals surface area contributed by atoms with Gasteiger partial charge >= 0.3 is 0 Å². The van der Waals surface area contributed by atoms with Crippen LogP contribution in [0.4, 0.5) is 11.4 Å². The summed E-state index contributed by atoms with van der Waals surface area (Å²) >= 11 is 0. The summed E-state index contributed by atoms with van der Waals surface area (Å²) in [6.07, 6.45) is 1.09. The number of nitrogens with zero attached hydrogens (tertiary/aromatic N) is 2. The molecule has 0 fully saturated rings. The van der Waals surface area contributed by atoms with Crippen LogP contribution in [-0.4, -0.2) is 51.3 Å². The highest BCUT2D eigenvalue weighted by Gasteiger charge is 2.23. The SMILES string of the molecule is Cc1ccccc1C(=O)Nc1ccc(S(=O)(=O)Nc2ccc3c(c2)CN(CCCN(C)C)C3)c2ccccc12. The molecule has 1 amide bonds. The molecule has 8 heteroatoms. The number of anilines is 2. The molecule has 0 radical (unpaired) electrons. The van der Waals surface area contributed by atoms with Gasteiger partial charge < -0.3 is 10.2 Å². The molecular weight excluding hydrogens is 508 g/mol. The number of sulfonamides is 1. The third kappa shape index (κ3) is 5.98. The fourth-order valence-electron chi connectivity index (χ4n) is 5.14. The second-order valence-electron chi connectivity index (χ2n) is 10.4. The van der Waals surface area contributed by atoms with Crippen LogP contribution >= 0.6 is 0 Å². The topological polar surface area (TPSA) is 81.7 Å². The molecule has 0 spiro atoms. The zero-order chi connectivity index (χ0) is 27.6. The molecule has 7 nitrogen and oxygen atoms in total. The number of amides is 1. The van der Waals surface area contributed by atoms with Crippen LogP contribution in [0.25, 0.3) is 10.8 Å². The first-order valence-corrected chi connectivity index (χ1v) is 14.6. The molecule has 39 heavy (non-hydrogen) atoms. The van der Waals surface area contributed by atoms with Crippen molar-refractivity contribution in [2.75, 3.05) is 37.2 Å². The lowest BCUT2D eigenvalue weighted by Gasteiger charge is -2.16. The van der Waals surface area contributed by atoms with Crippen LogP contribution in [0.2, 0.25) is 0 Å². The van der Waals surface area contributed by atoms with E-state index in [0.29, 0.717) is 27.7 Å². The van der Waals surface area contributed by atoms with E-state index in [9.17, 15) is 13.2 Å². The first kappa shape index (κ1) is 26.9. The Labute approximate surface area is 230 Å². The van der Waals surface area contributed by atoms with Crippen molar-refractivity contribution in [1.82, 2.24) is 9.80 Å². The van der Waals surface area contributed by atoms with Crippen molar-refractivity contribution in [3.8, 4) is 0 Å². The summed E-state index contributed by atoms with van der Waals surface area (Å²) in [5.74, 6) is -0.235. The van der Waals surface area contributed by atoms with E-state index in [1.165, 1.54) is 5.56 Å². The van der Waals surface area contributed by atoms with Gasteiger partial charge in [0.05, 0.1) is 4.90 Å². The summed E-state index contributed by atoms with van der Waals surface area (Å²) in [6, 6.07) is 23.6. The predicted molar refractivity (Wildman–Crippen MR) is 158 cm³/mol. The van der Waals surface area contributed by atoms with E-state index in [-0.39, 0.29) is 10.8 Å². The van der Waals surface area contributed by atoms with Crippen molar-refractivity contribution < 1.29 is 13.2 Å². The maximum atomic E-state index is 13.6. The Balaban J connectivity index is 1.36. The van der Waals surface area contributed by atoms with E-state index in [0.717, 1.165) is 43.7 Å².